The Balaban J connectivity index is 1.33. The average molecular weight is 452 g/mol. The second-order valence-electron chi connectivity index (χ2n) is 11.3. The second-order valence-corrected chi connectivity index (χ2v) is 11.3. The summed E-state index contributed by atoms with van der Waals surface area (Å²) < 4.78 is 5.49. The molecule has 6 heteroatoms. The van der Waals surface area contributed by atoms with Crippen LogP contribution in [-0.2, 0) is 14.9 Å². The number of carbonyl (C=O) groups excluding carboxylic acids is 2. The number of nitrogens with zero attached hydrogens (tertiary/aromatic N) is 1. The summed E-state index contributed by atoms with van der Waals surface area (Å²) in [5, 5.41) is 6.95. The SMILES string of the molecule is CCOC(=O)N1CC2(CCNCC2)c2ccccc2[C@@H]1C(=O)NC1C2CC3CC(C2)CC1C3. The Morgan fingerprint density at radius 3 is 2.39 bits per heavy atom. The smallest absolute Gasteiger partial charge is 0.410 e. The fourth-order valence-corrected chi connectivity index (χ4v) is 8.28. The number of ether oxygens (including phenoxy) is 1. The molecule has 6 aliphatic rings. The van der Waals surface area contributed by atoms with Crippen LogP contribution >= 0.6 is 0 Å². The van der Waals surface area contributed by atoms with Crippen LogP contribution in [0.15, 0.2) is 24.3 Å². The minimum absolute atomic E-state index is 0.0169. The lowest BCUT2D eigenvalue weighted by Gasteiger charge is -2.55. The molecule has 0 unspecified atom stereocenters. The Labute approximate surface area is 196 Å². The molecule has 178 valence electrons. The van der Waals surface area contributed by atoms with Gasteiger partial charge in [-0.2, -0.15) is 0 Å². The van der Waals surface area contributed by atoms with Gasteiger partial charge in [-0.05, 0) is 99.8 Å². The average Bonchev–Trinajstić information content (AvgIpc) is 2.81. The predicted molar refractivity (Wildman–Crippen MR) is 126 cm³/mol. The van der Waals surface area contributed by atoms with Crippen molar-refractivity contribution in [2.75, 3.05) is 26.2 Å². The van der Waals surface area contributed by atoms with E-state index in [0.717, 1.165) is 43.3 Å². The zero-order chi connectivity index (χ0) is 22.6. The highest BCUT2D eigenvalue weighted by molar-refractivity contribution is 5.88. The molecule has 4 aliphatic carbocycles. The van der Waals surface area contributed by atoms with Gasteiger partial charge in [-0.15, -0.1) is 0 Å². The van der Waals surface area contributed by atoms with E-state index in [9.17, 15) is 9.59 Å². The van der Waals surface area contributed by atoms with Gasteiger partial charge in [0.25, 0.3) is 0 Å². The summed E-state index contributed by atoms with van der Waals surface area (Å²) in [6.07, 6.45) is 8.00. The molecular weight excluding hydrogens is 414 g/mol. The number of amides is 2. The predicted octanol–water partition coefficient (Wildman–Crippen LogP) is 3.76. The van der Waals surface area contributed by atoms with E-state index in [1.807, 2.05) is 13.0 Å². The molecule has 2 heterocycles. The minimum atomic E-state index is -0.613. The highest BCUT2D eigenvalue weighted by Gasteiger charge is 2.52. The summed E-state index contributed by atoms with van der Waals surface area (Å²) in [4.78, 5) is 28.9. The van der Waals surface area contributed by atoms with Crippen molar-refractivity contribution in [2.24, 2.45) is 23.7 Å². The topological polar surface area (TPSA) is 70.7 Å². The first-order valence-corrected chi connectivity index (χ1v) is 13.1. The van der Waals surface area contributed by atoms with Gasteiger partial charge < -0.3 is 15.4 Å². The zero-order valence-corrected chi connectivity index (χ0v) is 19.7. The molecule has 6 nitrogen and oxygen atoms in total. The molecule has 1 aromatic carbocycles. The van der Waals surface area contributed by atoms with Crippen LogP contribution in [0.25, 0.3) is 0 Å². The van der Waals surface area contributed by atoms with E-state index >= 15 is 0 Å². The molecule has 1 saturated heterocycles. The van der Waals surface area contributed by atoms with Crippen LogP contribution in [-0.4, -0.2) is 49.2 Å². The van der Waals surface area contributed by atoms with Gasteiger partial charge in [0, 0.05) is 18.0 Å². The standard InChI is InChI=1S/C27H37N3O3/c1-2-33-26(32)30-16-27(7-9-28-10-8-27)22-6-4-3-5-21(22)24(30)25(31)29-23-19-12-17-11-18(14-19)15-20(23)13-17/h3-6,17-20,23-24,28H,2,7-16H2,1H3,(H,29,31)/t17?,18?,19?,20?,23?,24-/m1/s1. The fourth-order valence-electron chi connectivity index (χ4n) is 8.28. The van der Waals surface area contributed by atoms with E-state index in [2.05, 4.69) is 28.8 Å². The number of benzene rings is 1. The number of fused-ring (bicyclic) bond motifs is 2. The van der Waals surface area contributed by atoms with Crippen molar-refractivity contribution in [3.63, 3.8) is 0 Å². The summed E-state index contributed by atoms with van der Waals surface area (Å²) in [5.41, 5.74) is 2.12. The summed E-state index contributed by atoms with van der Waals surface area (Å²) in [6.45, 7) is 4.55. The Morgan fingerprint density at radius 2 is 1.73 bits per heavy atom. The van der Waals surface area contributed by atoms with Crippen molar-refractivity contribution in [1.82, 2.24) is 15.5 Å². The highest BCUT2D eigenvalue weighted by atomic mass is 16.6. The largest absolute Gasteiger partial charge is 0.450 e. The van der Waals surface area contributed by atoms with Gasteiger partial charge in [0.15, 0.2) is 0 Å². The molecule has 1 aromatic rings. The number of nitrogens with one attached hydrogen (secondary N) is 2. The van der Waals surface area contributed by atoms with Crippen LogP contribution in [0.1, 0.15) is 69.0 Å². The lowest BCUT2D eigenvalue weighted by Crippen LogP contribution is -2.60. The lowest BCUT2D eigenvalue weighted by molar-refractivity contribution is -0.131. The Bertz CT molecular complexity index is 897. The molecule has 0 aromatic heterocycles. The molecule has 4 bridgehead atoms. The quantitative estimate of drug-likeness (QED) is 0.734. The third-order valence-electron chi connectivity index (χ3n) is 9.46. The molecular formula is C27H37N3O3. The lowest BCUT2D eigenvalue weighted by atomic mass is 9.54. The second kappa shape index (κ2) is 8.30. The van der Waals surface area contributed by atoms with Gasteiger partial charge in [0.2, 0.25) is 5.91 Å². The molecule has 2 aliphatic heterocycles. The fraction of sp³-hybridized carbons (Fsp3) is 0.704. The molecule has 1 atom stereocenters. The van der Waals surface area contributed by atoms with Gasteiger partial charge in [0.1, 0.15) is 6.04 Å². The van der Waals surface area contributed by atoms with Crippen molar-refractivity contribution in [2.45, 2.75) is 69.4 Å². The van der Waals surface area contributed by atoms with E-state index in [1.54, 1.807) is 4.90 Å². The summed E-state index contributed by atoms with van der Waals surface area (Å²) in [5.74, 6) is 2.93. The van der Waals surface area contributed by atoms with Gasteiger partial charge in [0.05, 0.1) is 6.61 Å². The van der Waals surface area contributed by atoms with Gasteiger partial charge >= 0.3 is 6.09 Å². The van der Waals surface area contributed by atoms with E-state index in [0.29, 0.717) is 25.0 Å². The van der Waals surface area contributed by atoms with Crippen molar-refractivity contribution in [3.05, 3.63) is 35.4 Å². The van der Waals surface area contributed by atoms with Crippen LogP contribution in [0.5, 0.6) is 0 Å². The number of piperidine rings is 1. The van der Waals surface area contributed by atoms with Crippen LogP contribution < -0.4 is 10.6 Å². The maximum absolute atomic E-state index is 14.0. The molecule has 5 fully saturated rings. The first-order valence-electron chi connectivity index (χ1n) is 13.1. The van der Waals surface area contributed by atoms with Crippen molar-refractivity contribution in [3.8, 4) is 0 Å². The van der Waals surface area contributed by atoms with Crippen molar-refractivity contribution >= 4 is 12.0 Å². The van der Waals surface area contributed by atoms with Gasteiger partial charge in [-0.1, -0.05) is 24.3 Å². The van der Waals surface area contributed by atoms with E-state index in [4.69, 9.17) is 4.74 Å². The van der Waals surface area contributed by atoms with Crippen molar-refractivity contribution in [1.29, 1.82) is 0 Å². The number of hydrogen-bond acceptors (Lipinski definition) is 4. The molecule has 7 rings (SSSR count). The number of hydrogen-bond donors (Lipinski definition) is 2. The molecule has 2 N–H and O–H groups in total. The third kappa shape index (κ3) is 3.56. The number of carbonyl (C=O) groups is 2. The monoisotopic (exact) mass is 451 g/mol. The summed E-state index contributed by atoms with van der Waals surface area (Å²) in [7, 11) is 0. The van der Waals surface area contributed by atoms with E-state index in [-0.39, 0.29) is 23.5 Å². The molecule has 33 heavy (non-hydrogen) atoms. The first kappa shape index (κ1) is 21.5. The first-order chi connectivity index (χ1) is 16.1. The molecule has 4 saturated carbocycles. The maximum Gasteiger partial charge on any atom is 0.410 e. The van der Waals surface area contributed by atoms with Crippen LogP contribution in [0.4, 0.5) is 4.79 Å². The maximum atomic E-state index is 14.0. The van der Waals surface area contributed by atoms with Gasteiger partial charge in [-0.25, -0.2) is 4.79 Å². The van der Waals surface area contributed by atoms with Gasteiger partial charge in [-0.3, -0.25) is 9.69 Å². The van der Waals surface area contributed by atoms with Crippen LogP contribution in [0.3, 0.4) is 0 Å². The molecule has 1 spiro atoms. The number of rotatable bonds is 3. The zero-order valence-electron chi connectivity index (χ0n) is 19.7. The highest BCUT2D eigenvalue weighted by Crippen LogP contribution is 2.54. The van der Waals surface area contributed by atoms with Crippen LogP contribution in [0, 0.1) is 23.7 Å². The Kier molecular flexibility index (Phi) is 5.39. The minimum Gasteiger partial charge on any atom is -0.450 e. The third-order valence-corrected chi connectivity index (χ3v) is 9.46. The summed E-state index contributed by atoms with van der Waals surface area (Å²) in [6, 6.07) is 7.98. The molecule has 2 amide bonds. The molecule has 0 radical (unpaired) electrons. The van der Waals surface area contributed by atoms with Crippen molar-refractivity contribution < 1.29 is 14.3 Å². The Hall–Kier alpha value is -2.08. The van der Waals surface area contributed by atoms with E-state index in [1.165, 1.54) is 37.7 Å². The summed E-state index contributed by atoms with van der Waals surface area (Å²) >= 11 is 0. The Morgan fingerprint density at radius 1 is 1.06 bits per heavy atom. The van der Waals surface area contributed by atoms with Crippen LogP contribution in [0.2, 0.25) is 0 Å². The van der Waals surface area contributed by atoms with E-state index < -0.39 is 6.04 Å². The normalized spacial score (nSPS) is 35.8.